The van der Waals surface area contributed by atoms with E-state index in [9.17, 15) is 4.79 Å². The number of aliphatic carboxylic acids is 1. The molecular formula is C12H9N3O2S. The van der Waals surface area contributed by atoms with Gasteiger partial charge in [0, 0.05) is 11.6 Å². The Labute approximate surface area is 106 Å². The molecular weight excluding hydrogens is 250 g/mol. The van der Waals surface area contributed by atoms with Gasteiger partial charge in [0.2, 0.25) is 0 Å². The normalized spacial score (nSPS) is 10.9. The van der Waals surface area contributed by atoms with Crippen LogP contribution in [0.1, 0.15) is 5.56 Å². The molecule has 0 saturated heterocycles. The van der Waals surface area contributed by atoms with Crippen molar-refractivity contribution in [2.24, 2.45) is 0 Å². The van der Waals surface area contributed by atoms with Gasteiger partial charge < -0.3 is 10.1 Å². The first kappa shape index (κ1) is 10.9. The predicted molar refractivity (Wildman–Crippen MR) is 68.5 cm³/mol. The minimum Gasteiger partial charge on any atom is -0.481 e. The molecule has 0 aromatic carbocycles. The van der Waals surface area contributed by atoms with Crippen LogP contribution in [0, 0.1) is 0 Å². The van der Waals surface area contributed by atoms with Crippen molar-refractivity contribution in [3.63, 3.8) is 0 Å². The third-order valence-corrected chi connectivity index (χ3v) is 3.52. The fourth-order valence-electron chi connectivity index (χ4n) is 1.93. The van der Waals surface area contributed by atoms with Gasteiger partial charge >= 0.3 is 5.97 Å². The lowest BCUT2D eigenvalue weighted by Gasteiger charge is -2.01. The summed E-state index contributed by atoms with van der Waals surface area (Å²) in [6.45, 7) is 0. The predicted octanol–water partition coefficient (Wildman–Crippen LogP) is 2.31. The van der Waals surface area contributed by atoms with Gasteiger partial charge in [-0.05, 0) is 17.0 Å². The van der Waals surface area contributed by atoms with Crippen LogP contribution >= 0.6 is 11.3 Å². The highest BCUT2D eigenvalue weighted by molar-refractivity contribution is 7.13. The van der Waals surface area contributed by atoms with E-state index < -0.39 is 5.97 Å². The van der Waals surface area contributed by atoms with Crippen molar-refractivity contribution in [2.45, 2.75) is 6.42 Å². The van der Waals surface area contributed by atoms with Crippen molar-refractivity contribution in [3.05, 3.63) is 35.6 Å². The Bertz CT molecular complexity index is 703. The average Bonchev–Trinajstić information content (AvgIpc) is 2.98. The van der Waals surface area contributed by atoms with Crippen molar-refractivity contribution in [1.29, 1.82) is 0 Å². The van der Waals surface area contributed by atoms with E-state index in [1.807, 2.05) is 17.5 Å². The molecule has 0 aliphatic heterocycles. The number of carbonyl (C=O) groups is 1. The Morgan fingerprint density at radius 3 is 3.06 bits per heavy atom. The maximum Gasteiger partial charge on any atom is 0.307 e. The summed E-state index contributed by atoms with van der Waals surface area (Å²) in [5.41, 5.74) is 2.17. The zero-order valence-corrected chi connectivity index (χ0v) is 10.1. The van der Waals surface area contributed by atoms with Gasteiger partial charge in [-0.25, -0.2) is 9.97 Å². The SMILES string of the molecule is O=C(O)Cc1c[nH]c2ncnc(-c3cccs3)c12. The fourth-order valence-corrected chi connectivity index (χ4v) is 2.66. The number of rotatable bonds is 3. The van der Waals surface area contributed by atoms with Crippen molar-refractivity contribution in [2.75, 3.05) is 0 Å². The third kappa shape index (κ3) is 1.76. The number of carboxylic acids is 1. The molecule has 0 fully saturated rings. The van der Waals surface area contributed by atoms with Crippen LogP contribution in [-0.2, 0) is 11.2 Å². The number of carboxylic acid groups (broad SMARTS) is 1. The number of aromatic nitrogens is 3. The molecule has 3 heterocycles. The molecule has 5 nitrogen and oxygen atoms in total. The quantitative estimate of drug-likeness (QED) is 0.756. The van der Waals surface area contributed by atoms with Gasteiger partial charge in [0.15, 0.2) is 0 Å². The Balaban J connectivity index is 2.25. The zero-order chi connectivity index (χ0) is 12.5. The van der Waals surface area contributed by atoms with Crippen LogP contribution in [0.25, 0.3) is 21.6 Å². The number of H-pyrrole nitrogens is 1. The highest BCUT2D eigenvalue weighted by Crippen LogP contribution is 2.31. The summed E-state index contributed by atoms with van der Waals surface area (Å²) >= 11 is 1.57. The molecule has 0 saturated carbocycles. The summed E-state index contributed by atoms with van der Waals surface area (Å²) in [4.78, 5) is 23.3. The van der Waals surface area contributed by atoms with Crippen LogP contribution in [0.3, 0.4) is 0 Å². The molecule has 0 aliphatic carbocycles. The van der Waals surface area contributed by atoms with E-state index in [0.29, 0.717) is 11.2 Å². The summed E-state index contributed by atoms with van der Waals surface area (Å²) in [5, 5.41) is 11.7. The monoisotopic (exact) mass is 259 g/mol. The number of fused-ring (bicyclic) bond motifs is 1. The van der Waals surface area contributed by atoms with E-state index in [1.54, 1.807) is 17.5 Å². The smallest absolute Gasteiger partial charge is 0.307 e. The van der Waals surface area contributed by atoms with Crippen LogP contribution in [0.4, 0.5) is 0 Å². The van der Waals surface area contributed by atoms with Crippen molar-refractivity contribution in [1.82, 2.24) is 15.0 Å². The molecule has 0 radical (unpaired) electrons. The molecule has 0 spiro atoms. The lowest BCUT2D eigenvalue weighted by molar-refractivity contribution is -0.136. The number of hydrogen-bond acceptors (Lipinski definition) is 4. The van der Waals surface area contributed by atoms with Crippen LogP contribution in [0.2, 0.25) is 0 Å². The molecule has 3 aromatic rings. The molecule has 0 bridgehead atoms. The second-order valence-corrected chi connectivity index (χ2v) is 4.76. The summed E-state index contributed by atoms with van der Waals surface area (Å²) in [6.07, 6.45) is 3.13. The van der Waals surface area contributed by atoms with Gasteiger partial charge in [0.05, 0.1) is 17.0 Å². The lowest BCUT2D eigenvalue weighted by Crippen LogP contribution is -1.99. The Morgan fingerprint density at radius 1 is 1.44 bits per heavy atom. The van der Waals surface area contributed by atoms with E-state index in [4.69, 9.17) is 5.11 Å². The van der Waals surface area contributed by atoms with Crippen LogP contribution < -0.4 is 0 Å². The molecule has 2 N–H and O–H groups in total. The van der Waals surface area contributed by atoms with E-state index in [1.165, 1.54) is 6.33 Å². The van der Waals surface area contributed by atoms with Crippen molar-refractivity contribution in [3.8, 4) is 10.6 Å². The van der Waals surface area contributed by atoms with Gasteiger partial charge in [0.25, 0.3) is 0 Å². The van der Waals surface area contributed by atoms with E-state index in [0.717, 1.165) is 16.0 Å². The molecule has 0 amide bonds. The first-order chi connectivity index (χ1) is 8.75. The van der Waals surface area contributed by atoms with Crippen LogP contribution in [-0.4, -0.2) is 26.0 Å². The Hall–Kier alpha value is -2.21. The summed E-state index contributed by atoms with van der Waals surface area (Å²) in [5.74, 6) is -0.864. The van der Waals surface area contributed by atoms with E-state index in [-0.39, 0.29) is 6.42 Å². The molecule has 0 atom stereocenters. The van der Waals surface area contributed by atoms with Crippen LogP contribution in [0.15, 0.2) is 30.0 Å². The minimum absolute atomic E-state index is 0.0360. The maximum absolute atomic E-state index is 10.9. The summed E-state index contributed by atoms with van der Waals surface area (Å²) in [6, 6.07) is 3.90. The zero-order valence-electron chi connectivity index (χ0n) is 9.25. The highest BCUT2D eigenvalue weighted by atomic mass is 32.1. The molecule has 0 aliphatic rings. The van der Waals surface area contributed by atoms with Gasteiger partial charge in [-0.1, -0.05) is 6.07 Å². The number of hydrogen-bond donors (Lipinski definition) is 2. The largest absolute Gasteiger partial charge is 0.481 e. The Morgan fingerprint density at radius 2 is 2.33 bits per heavy atom. The van der Waals surface area contributed by atoms with E-state index in [2.05, 4.69) is 15.0 Å². The fraction of sp³-hybridized carbons (Fsp3) is 0.0833. The lowest BCUT2D eigenvalue weighted by atomic mass is 10.1. The van der Waals surface area contributed by atoms with Crippen molar-refractivity contribution < 1.29 is 9.90 Å². The van der Waals surface area contributed by atoms with Gasteiger partial charge in [-0.2, -0.15) is 0 Å². The maximum atomic E-state index is 10.9. The first-order valence-electron chi connectivity index (χ1n) is 5.32. The Kier molecular flexibility index (Phi) is 2.56. The minimum atomic E-state index is -0.864. The van der Waals surface area contributed by atoms with Crippen molar-refractivity contribution >= 4 is 28.3 Å². The number of nitrogens with one attached hydrogen (secondary N) is 1. The molecule has 3 rings (SSSR count). The average molecular weight is 259 g/mol. The first-order valence-corrected chi connectivity index (χ1v) is 6.20. The molecule has 90 valence electrons. The molecule has 18 heavy (non-hydrogen) atoms. The second kappa shape index (κ2) is 4.23. The summed E-state index contributed by atoms with van der Waals surface area (Å²) in [7, 11) is 0. The van der Waals surface area contributed by atoms with Gasteiger partial charge in [-0.15, -0.1) is 11.3 Å². The summed E-state index contributed by atoms with van der Waals surface area (Å²) < 4.78 is 0. The third-order valence-electron chi connectivity index (χ3n) is 2.65. The number of thiophene rings is 1. The highest BCUT2D eigenvalue weighted by Gasteiger charge is 2.14. The van der Waals surface area contributed by atoms with E-state index >= 15 is 0 Å². The van der Waals surface area contributed by atoms with Gasteiger partial charge in [0.1, 0.15) is 12.0 Å². The standard InChI is InChI=1S/C12H9N3O2S/c16-9(17)4-7-5-13-12-10(7)11(14-6-15-12)8-2-1-3-18-8/h1-3,5-6H,4H2,(H,16,17)(H,13,14,15). The molecule has 0 unspecified atom stereocenters. The molecule has 3 aromatic heterocycles. The number of nitrogens with zero attached hydrogens (tertiary/aromatic N) is 2. The second-order valence-electron chi connectivity index (χ2n) is 3.81. The number of aromatic amines is 1. The van der Waals surface area contributed by atoms with Gasteiger partial charge in [-0.3, -0.25) is 4.79 Å². The molecule has 6 heteroatoms. The topological polar surface area (TPSA) is 78.9 Å². The van der Waals surface area contributed by atoms with Crippen LogP contribution in [0.5, 0.6) is 0 Å².